The fourth-order valence-corrected chi connectivity index (χ4v) is 3.94. The molecule has 0 amide bonds. The lowest BCUT2D eigenvalue weighted by Crippen LogP contribution is -2.45. The van der Waals surface area contributed by atoms with Crippen LogP contribution in [0.3, 0.4) is 0 Å². The van der Waals surface area contributed by atoms with Crippen molar-refractivity contribution in [1.82, 2.24) is 0 Å². The molecule has 7 heteroatoms. The molecule has 0 bridgehead atoms. The molecule has 1 rings (SSSR count). The Kier molecular flexibility index (Phi) is 5.75. The Bertz CT molecular complexity index is 235. The Morgan fingerprint density at radius 1 is 1.71 bits per heavy atom. The van der Waals surface area contributed by atoms with Crippen LogP contribution in [0.2, 0.25) is 0 Å². The molecule has 80 valence electrons. The highest BCUT2D eigenvalue weighted by Gasteiger charge is 2.36. The molecule has 0 unspecified atom stereocenters. The minimum atomic E-state index is -0.240. The normalized spacial score (nSPS) is 37.6. The van der Waals surface area contributed by atoms with Crippen LogP contribution in [-0.2, 0) is 9.47 Å². The summed E-state index contributed by atoms with van der Waals surface area (Å²) in [4.78, 5) is 2.85. The summed E-state index contributed by atoms with van der Waals surface area (Å²) in [6, 6.07) is -0.0286. The number of nitrogens with zero attached hydrogens (tertiary/aromatic N) is 3. The predicted octanol–water partition coefficient (Wildman–Crippen LogP) is 2.67. The summed E-state index contributed by atoms with van der Waals surface area (Å²) < 4.78 is 11.9. The molecule has 0 aliphatic carbocycles. The van der Waals surface area contributed by atoms with E-state index >= 15 is 0 Å². The van der Waals surface area contributed by atoms with Crippen LogP contribution < -0.4 is 0 Å². The van der Waals surface area contributed by atoms with Gasteiger partial charge in [-0.15, -0.1) is 0 Å². The van der Waals surface area contributed by atoms with E-state index in [2.05, 4.69) is 55.2 Å². The first kappa shape index (κ1) is 12.8. The first-order valence-corrected chi connectivity index (χ1v) is 6.92. The molecular formula is C7H11I2N3O2. The Morgan fingerprint density at radius 3 is 2.93 bits per heavy atom. The number of ether oxygens (including phenoxy) is 2. The van der Waals surface area contributed by atoms with Gasteiger partial charge in [0.25, 0.3) is 0 Å². The van der Waals surface area contributed by atoms with E-state index in [0.29, 0.717) is 6.42 Å². The van der Waals surface area contributed by atoms with Crippen molar-refractivity contribution in [2.45, 2.75) is 28.8 Å². The zero-order valence-corrected chi connectivity index (χ0v) is 12.0. The standard InChI is InChI=1S/C7H11I2N3O2/c1-13-6-2-4(11-12-10)7(9)5(3-8)14-6/h4-7H,2-3H2,1H3/t4-,5+,6+,7+/m0/s1. The minimum Gasteiger partial charge on any atom is -0.356 e. The molecule has 0 aromatic carbocycles. The molecule has 0 spiro atoms. The van der Waals surface area contributed by atoms with E-state index in [9.17, 15) is 0 Å². The molecule has 5 nitrogen and oxygen atoms in total. The summed E-state index contributed by atoms with van der Waals surface area (Å²) in [6.45, 7) is 0. The van der Waals surface area contributed by atoms with E-state index in [0.717, 1.165) is 4.43 Å². The van der Waals surface area contributed by atoms with Gasteiger partial charge in [-0.05, 0) is 5.53 Å². The lowest BCUT2D eigenvalue weighted by Gasteiger charge is -2.36. The van der Waals surface area contributed by atoms with Crippen LogP contribution in [0.1, 0.15) is 6.42 Å². The number of azide groups is 1. The fraction of sp³-hybridized carbons (Fsp3) is 1.00. The summed E-state index contributed by atoms with van der Waals surface area (Å²) in [5, 5.41) is 3.77. The smallest absolute Gasteiger partial charge is 0.158 e. The number of halogens is 2. The second kappa shape index (κ2) is 6.31. The predicted molar refractivity (Wildman–Crippen MR) is 69.9 cm³/mol. The summed E-state index contributed by atoms with van der Waals surface area (Å²) in [7, 11) is 1.61. The molecule has 0 radical (unpaired) electrons. The van der Waals surface area contributed by atoms with E-state index in [1.165, 1.54) is 0 Å². The number of methoxy groups -OCH3 is 1. The average molecular weight is 423 g/mol. The zero-order valence-electron chi connectivity index (χ0n) is 7.64. The Balaban J connectivity index is 2.69. The van der Waals surface area contributed by atoms with Crippen molar-refractivity contribution < 1.29 is 9.47 Å². The number of hydrogen-bond acceptors (Lipinski definition) is 3. The van der Waals surface area contributed by atoms with Crippen LogP contribution in [0.25, 0.3) is 10.4 Å². The van der Waals surface area contributed by atoms with Crippen molar-refractivity contribution >= 4 is 45.2 Å². The SMILES string of the molecule is CO[C@H]1C[C@H](N=[N+]=[N-])[C@@H](I)[C@@H](CI)O1. The van der Waals surface area contributed by atoms with Crippen molar-refractivity contribution in [3.05, 3.63) is 10.4 Å². The second-order valence-corrected chi connectivity index (χ2v) is 5.27. The van der Waals surface area contributed by atoms with Gasteiger partial charge in [-0.2, -0.15) is 0 Å². The van der Waals surface area contributed by atoms with Gasteiger partial charge in [0.1, 0.15) is 0 Å². The number of hydrogen-bond donors (Lipinski definition) is 0. The third kappa shape index (κ3) is 3.09. The van der Waals surface area contributed by atoms with Crippen LogP contribution in [0.4, 0.5) is 0 Å². The molecule has 0 saturated carbocycles. The lowest BCUT2D eigenvalue weighted by molar-refractivity contribution is -0.172. The van der Waals surface area contributed by atoms with Crippen molar-refractivity contribution in [2.75, 3.05) is 11.5 Å². The van der Waals surface area contributed by atoms with Crippen LogP contribution in [0.5, 0.6) is 0 Å². The maximum Gasteiger partial charge on any atom is 0.158 e. The molecule has 1 aliphatic heterocycles. The maximum atomic E-state index is 8.43. The second-order valence-electron chi connectivity index (χ2n) is 2.95. The topological polar surface area (TPSA) is 67.2 Å². The van der Waals surface area contributed by atoms with Gasteiger partial charge in [0.15, 0.2) is 6.29 Å². The number of rotatable bonds is 3. The van der Waals surface area contributed by atoms with E-state index in [4.69, 9.17) is 15.0 Å². The van der Waals surface area contributed by atoms with Gasteiger partial charge in [-0.1, -0.05) is 50.3 Å². The van der Waals surface area contributed by atoms with Gasteiger partial charge in [0, 0.05) is 26.8 Å². The van der Waals surface area contributed by atoms with Crippen molar-refractivity contribution in [2.24, 2.45) is 5.11 Å². The lowest BCUT2D eigenvalue weighted by atomic mass is 10.0. The van der Waals surface area contributed by atoms with Crippen LogP contribution in [0, 0.1) is 0 Å². The highest BCUT2D eigenvalue weighted by Crippen LogP contribution is 2.29. The summed E-state index contributed by atoms with van der Waals surface area (Å²) >= 11 is 4.55. The van der Waals surface area contributed by atoms with Crippen molar-refractivity contribution in [3.8, 4) is 0 Å². The van der Waals surface area contributed by atoms with E-state index in [1.54, 1.807) is 7.11 Å². The van der Waals surface area contributed by atoms with Crippen LogP contribution in [0.15, 0.2) is 5.11 Å². The largest absolute Gasteiger partial charge is 0.356 e. The van der Waals surface area contributed by atoms with Gasteiger partial charge >= 0.3 is 0 Å². The first-order valence-electron chi connectivity index (χ1n) is 4.15. The van der Waals surface area contributed by atoms with Crippen molar-refractivity contribution in [1.29, 1.82) is 0 Å². The monoisotopic (exact) mass is 423 g/mol. The Hall–Kier alpha value is 0.690. The Labute approximate surface area is 110 Å². The minimum absolute atomic E-state index is 0.0286. The molecule has 14 heavy (non-hydrogen) atoms. The quantitative estimate of drug-likeness (QED) is 0.231. The van der Waals surface area contributed by atoms with Gasteiger partial charge in [0.2, 0.25) is 0 Å². The highest BCUT2D eigenvalue weighted by molar-refractivity contribution is 14.1. The summed E-state index contributed by atoms with van der Waals surface area (Å²) in [6.07, 6.45) is 0.503. The molecule has 0 aromatic heterocycles. The molecule has 0 aromatic rings. The maximum absolute atomic E-state index is 8.43. The molecule has 4 atom stereocenters. The summed E-state index contributed by atoms with van der Waals surface area (Å²) in [5.41, 5.74) is 8.43. The van der Waals surface area contributed by atoms with Gasteiger partial charge < -0.3 is 9.47 Å². The average Bonchev–Trinajstić information content (AvgIpc) is 2.21. The van der Waals surface area contributed by atoms with E-state index in [1.807, 2.05) is 0 Å². The van der Waals surface area contributed by atoms with E-state index < -0.39 is 0 Å². The van der Waals surface area contributed by atoms with Gasteiger partial charge in [0.05, 0.1) is 12.1 Å². The molecule has 1 heterocycles. The third-order valence-corrected chi connectivity index (χ3v) is 4.60. The van der Waals surface area contributed by atoms with Gasteiger partial charge in [-0.3, -0.25) is 0 Å². The third-order valence-electron chi connectivity index (χ3n) is 2.10. The van der Waals surface area contributed by atoms with E-state index in [-0.39, 0.29) is 22.4 Å². The highest BCUT2D eigenvalue weighted by atomic mass is 127. The van der Waals surface area contributed by atoms with Crippen molar-refractivity contribution in [3.63, 3.8) is 0 Å². The molecule has 1 fully saturated rings. The fourth-order valence-electron chi connectivity index (χ4n) is 1.35. The zero-order chi connectivity index (χ0) is 10.6. The van der Waals surface area contributed by atoms with Gasteiger partial charge in [-0.25, -0.2) is 0 Å². The van der Waals surface area contributed by atoms with Crippen LogP contribution in [-0.4, -0.2) is 33.9 Å². The molecule has 1 saturated heterocycles. The molecular weight excluding hydrogens is 412 g/mol. The number of alkyl halides is 2. The molecule has 1 aliphatic rings. The Morgan fingerprint density at radius 2 is 2.43 bits per heavy atom. The van der Waals surface area contributed by atoms with Crippen LogP contribution >= 0.6 is 45.2 Å². The first-order chi connectivity index (χ1) is 6.72. The summed E-state index contributed by atoms with van der Waals surface area (Å²) in [5.74, 6) is 0. The molecule has 0 N–H and O–H groups in total.